The van der Waals surface area contributed by atoms with Gasteiger partial charge in [-0.2, -0.15) is 0 Å². The Kier molecular flexibility index (Phi) is 4.82. The second-order valence-electron chi connectivity index (χ2n) is 4.89. The van der Waals surface area contributed by atoms with Crippen molar-refractivity contribution in [3.8, 4) is 5.75 Å². The van der Waals surface area contributed by atoms with E-state index in [1.807, 2.05) is 60.4 Å². The Morgan fingerprint density at radius 2 is 1.90 bits per heavy atom. The van der Waals surface area contributed by atoms with Crippen molar-refractivity contribution in [1.29, 1.82) is 0 Å². The molecule has 0 fully saturated rings. The quantitative estimate of drug-likeness (QED) is 0.886. The van der Waals surface area contributed by atoms with Crippen molar-refractivity contribution in [2.45, 2.75) is 13.5 Å². The lowest BCUT2D eigenvalue weighted by molar-refractivity contribution is -0.135. The Morgan fingerprint density at radius 1 is 1.19 bits per heavy atom. The normalized spacial score (nSPS) is 10.2. The minimum absolute atomic E-state index is 0.0326. The number of benzene rings is 2. The monoisotopic (exact) mass is 285 g/mol. The van der Waals surface area contributed by atoms with Gasteiger partial charge in [-0.3, -0.25) is 4.79 Å². The number of anilines is 1. The van der Waals surface area contributed by atoms with Crippen LogP contribution in [0.4, 0.5) is 5.69 Å². The zero-order chi connectivity index (χ0) is 15.2. The maximum Gasteiger partial charge on any atom is 0.323 e. The number of rotatable bonds is 6. The lowest BCUT2D eigenvalue weighted by Crippen LogP contribution is -2.29. The minimum Gasteiger partial charge on any atom is -0.496 e. The number of methoxy groups -OCH3 is 1. The molecule has 0 saturated heterocycles. The molecule has 21 heavy (non-hydrogen) atoms. The summed E-state index contributed by atoms with van der Waals surface area (Å²) in [4.78, 5) is 12.9. The van der Waals surface area contributed by atoms with Gasteiger partial charge in [-0.1, -0.05) is 30.3 Å². The summed E-state index contributed by atoms with van der Waals surface area (Å²) in [5.41, 5.74) is 2.99. The van der Waals surface area contributed by atoms with Crippen molar-refractivity contribution in [2.24, 2.45) is 0 Å². The van der Waals surface area contributed by atoms with Gasteiger partial charge in [0.15, 0.2) is 0 Å². The van der Waals surface area contributed by atoms with Gasteiger partial charge < -0.3 is 14.7 Å². The Hall–Kier alpha value is -2.49. The van der Waals surface area contributed by atoms with E-state index in [0.717, 1.165) is 22.6 Å². The van der Waals surface area contributed by atoms with E-state index < -0.39 is 5.97 Å². The average Bonchev–Trinajstić information content (AvgIpc) is 2.47. The van der Waals surface area contributed by atoms with Crippen LogP contribution >= 0.6 is 0 Å². The summed E-state index contributed by atoms with van der Waals surface area (Å²) in [5, 5.41) is 9.10. The Labute approximate surface area is 124 Å². The van der Waals surface area contributed by atoms with E-state index in [4.69, 9.17) is 9.84 Å². The second-order valence-corrected chi connectivity index (χ2v) is 4.89. The summed E-state index contributed by atoms with van der Waals surface area (Å²) in [6, 6.07) is 15.5. The highest BCUT2D eigenvalue weighted by Gasteiger charge is 2.12. The number of carbonyl (C=O) groups is 1. The van der Waals surface area contributed by atoms with Gasteiger partial charge in [-0.25, -0.2) is 0 Å². The van der Waals surface area contributed by atoms with Gasteiger partial charge in [-0.05, 0) is 36.2 Å². The molecule has 0 bridgehead atoms. The summed E-state index contributed by atoms with van der Waals surface area (Å²) in [6.45, 7) is 2.49. The van der Waals surface area contributed by atoms with Crippen LogP contribution in [0.15, 0.2) is 48.5 Å². The van der Waals surface area contributed by atoms with Crippen LogP contribution in [-0.2, 0) is 11.3 Å². The summed E-state index contributed by atoms with van der Waals surface area (Å²) in [5.74, 6) is -0.00710. The topological polar surface area (TPSA) is 49.8 Å². The summed E-state index contributed by atoms with van der Waals surface area (Å²) >= 11 is 0. The molecule has 0 aliphatic carbocycles. The van der Waals surface area contributed by atoms with Gasteiger partial charge in [-0.15, -0.1) is 0 Å². The molecule has 0 atom stereocenters. The fraction of sp³-hybridized carbons (Fsp3) is 0.235. The van der Waals surface area contributed by atoms with E-state index >= 15 is 0 Å². The molecular weight excluding hydrogens is 266 g/mol. The largest absolute Gasteiger partial charge is 0.496 e. The lowest BCUT2D eigenvalue weighted by atomic mass is 10.1. The predicted octanol–water partition coefficient (Wildman–Crippen LogP) is 3.09. The van der Waals surface area contributed by atoms with E-state index in [0.29, 0.717) is 6.54 Å². The number of carboxylic acids is 1. The van der Waals surface area contributed by atoms with Gasteiger partial charge in [0.05, 0.1) is 7.11 Å². The summed E-state index contributed by atoms with van der Waals surface area (Å²) < 4.78 is 5.25. The van der Waals surface area contributed by atoms with Crippen molar-refractivity contribution in [2.75, 3.05) is 18.6 Å². The van der Waals surface area contributed by atoms with Gasteiger partial charge >= 0.3 is 5.97 Å². The SMILES string of the molecule is COc1ccc(CN(CC(=O)O)c2ccccc2)cc1C. The minimum atomic E-state index is -0.843. The van der Waals surface area contributed by atoms with Crippen LogP contribution in [0, 0.1) is 6.92 Å². The summed E-state index contributed by atoms with van der Waals surface area (Å²) in [7, 11) is 1.64. The molecule has 2 aromatic carbocycles. The number of hydrogen-bond acceptors (Lipinski definition) is 3. The molecule has 1 N–H and O–H groups in total. The van der Waals surface area contributed by atoms with E-state index in [-0.39, 0.29) is 6.54 Å². The molecule has 0 spiro atoms. The third-order valence-electron chi connectivity index (χ3n) is 3.28. The van der Waals surface area contributed by atoms with E-state index in [2.05, 4.69) is 0 Å². The molecule has 0 aromatic heterocycles. The van der Waals surface area contributed by atoms with Crippen LogP contribution < -0.4 is 9.64 Å². The first-order valence-electron chi connectivity index (χ1n) is 6.75. The predicted molar refractivity (Wildman–Crippen MR) is 82.9 cm³/mol. The van der Waals surface area contributed by atoms with Crippen LogP contribution in [-0.4, -0.2) is 24.7 Å². The maximum atomic E-state index is 11.1. The number of ether oxygens (including phenoxy) is 1. The zero-order valence-corrected chi connectivity index (χ0v) is 12.2. The number of carboxylic acid groups (broad SMARTS) is 1. The molecule has 0 heterocycles. The van der Waals surface area contributed by atoms with Crippen LogP contribution in [0.25, 0.3) is 0 Å². The van der Waals surface area contributed by atoms with Gasteiger partial charge in [0.2, 0.25) is 0 Å². The molecule has 4 nitrogen and oxygen atoms in total. The number of para-hydroxylation sites is 1. The third kappa shape index (κ3) is 3.99. The smallest absolute Gasteiger partial charge is 0.323 e. The molecule has 110 valence electrons. The van der Waals surface area contributed by atoms with E-state index in [1.165, 1.54) is 0 Å². The standard InChI is InChI=1S/C17H19NO3/c1-13-10-14(8-9-16(13)21-2)11-18(12-17(19)20)15-6-4-3-5-7-15/h3-10H,11-12H2,1-2H3,(H,19,20). The highest BCUT2D eigenvalue weighted by Crippen LogP contribution is 2.21. The second kappa shape index (κ2) is 6.79. The number of aryl methyl sites for hydroxylation is 1. The molecule has 0 radical (unpaired) electrons. The van der Waals surface area contributed by atoms with E-state index in [1.54, 1.807) is 7.11 Å². The first-order valence-corrected chi connectivity index (χ1v) is 6.75. The highest BCUT2D eigenvalue weighted by atomic mass is 16.5. The van der Waals surface area contributed by atoms with Gasteiger partial charge in [0, 0.05) is 12.2 Å². The van der Waals surface area contributed by atoms with Gasteiger partial charge in [0.1, 0.15) is 12.3 Å². The van der Waals surface area contributed by atoms with Gasteiger partial charge in [0.25, 0.3) is 0 Å². The highest BCUT2D eigenvalue weighted by molar-refractivity contribution is 5.73. The molecular formula is C17H19NO3. The molecule has 0 amide bonds. The molecule has 0 aliphatic heterocycles. The van der Waals surface area contributed by atoms with Crippen molar-refractivity contribution in [3.05, 3.63) is 59.7 Å². The molecule has 2 aromatic rings. The molecule has 2 rings (SSSR count). The lowest BCUT2D eigenvalue weighted by Gasteiger charge is -2.23. The maximum absolute atomic E-state index is 11.1. The van der Waals surface area contributed by atoms with Crippen molar-refractivity contribution in [1.82, 2.24) is 0 Å². The number of hydrogen-bond donors (Lipinski definition) is 1. The van der Waals surface area contributed by atoms with Crippen molar-refractivity contribution >= 4 is 11.7 Å². The first-order chi connectivity index (χ1) is 10.1. The van der Waals surface area contributed by atoms with Crippen molar-refractivity contribution < 1.29 is 14.6 Å². The van der Waals surface area contributed by atoms with Crippen LogP contribution in [0.3, 0.4) is 0 Å². The Bertz CT molecular complexity index is 611. The molecule has 0 aliphatic rings. The fourth-order valence-electron chi connectivity index (χ4n) is 2.30. The van der Waals surface area contributed by atoms with Crippen LogP contribution in [0.2, 0.25) is 0 Å². The molecule has 0 saturated carbocycles. The Balaban J connectivity index is 2.23. The third-order valence-corrected chi connectivity index (χ3v) is 3.28. The number of nitrogens with zero attached hydrogens (tertiary/aromatic N) is 1. The van der Waals surface area contributed by atoms with E-state index in [9.17, 15) is 4.79 Å². The zero-order valence-electron chi connectivity index (χ0n) is 12.2. The van der Waals surface area contributed by atoms with Crippen LogP contribution in [0.5, 0.6) is 5.75 Å². The fourth-order valence-corrected chi connectivity index (χ4v) is 2.30. The van der Waals surface area contributed by atoms with Crippen molar-refractivity contribution in [3.63, 3.8) is 0 Å². The van der Waals surface area contributed by atoms with Crippen LogP contribution in [0.1, 0.15) is 11.1 Å². The Morgan fingerprint density at radius 3 is 2.48 bits per heavy atom. The first kappa shape index (κ1) is 14.9. The average molecular weight is 285 g/mol. The number of aliphatic carboxylic acids is 1. The molecule has 4 heteroatoms. The molecule has 0 unspecified atom stereocenters. The summed E-state index contributed by atoms with van der Waals surface area (Å²) in [6.07, 6.45) is 0.